The second kappa shape index (κ2) is 6.61. The standard InChI is InChI=1S/C16H18BrClN2/c1-11(14-5-3-4-6-15(14)18)20(2)16-8-7-13(17)9-12(16)10-19/h3-9,11H,10,19H2,1-2H3. The van der Waals surface area contributed by atoms with Gasteiger partial charge in [-0.05, 0) is 42.3 Å². The lowest BCUT2D eigenvalue weighted by Crippen LogP contribution is -2.23. The van der Waals surface area contributed by atoms with Gasteiger partial charge in [-0.1, -0.05) is 45.7 Å². The summed E-state index contributed by atoms with van der Waals surface area (Å²) in [4.78, 5) is 2.20. The summed E-state index contributed by atoms with van der Waals surface area (Å²) in [6, 6.07) is 14.3. The molecule has 0 saturated carbocycles. The third-order valence-electron chi connectivity index (χ3n) is 3.58. The van der Waals surface area contributed by atoms with Gasteiger partial charge in [0.2, 0.25) is 0 Å². The maximum Gasteiger partial charge on any atom is 0.0525 e. The molecule has 4 heteroatoms. The molecule has 20 heavy (non-hydrogen) atoms. The van der Waals surface area contributed by atoms with E-state index in [0.29, 0.717) is 6.54 Å². The van der Waals surface area contributed by atoms with E-state index in [1.54, 1.807) is 0 Å². The number of anilines is 1. The van der Waals surface area contributed by atoms with Crippen LogP contribution >= 0.6 is 27.5 Å². The van der Waals surface area contributed by atoms with E-state index in [-0.39, 0.29) is 6.04 Å². The highest BCUT2D eigenvalue weighted by molar-refractivity contribution is 9.10. The van der Waals surface area contributed by atoms with Crippen LogP contribution in [0.15, 0.2) is 46.9 Å². The van der Waals surface area contributed by atoms with E-state index in [1.165, 1.54) is 0 Å². The molecule has 0 amide bonds. The van der Waals surface area contributed by atoms with Crippen LogP contribution in [0.1, 0.15) is 24.1 Å². The van der Waals surface area contributed by atoms with Gasteiger partial charge in [0.25, 0.3) is 0 Å². The molecule has 2 rings (SSSR count). The quantitative estimate of drug-likeness (QED) is 0.858. The van der Waals surface area contributed by atoms with Crippen LogP contribution in [0.3, 0.4) is 0 Å². The Hall–Kier alpha value is -1.03. The van der Waals surface area contributed by atoms with Crippen LogP contribution in [0.4, 0.5) is 5.69 Å². The number of halogens is 2. The highest BCUT2D eigenvalue weighted by Crippen LogP contribution is 2.32. The fourth-order valence-corrected chi connectivity index (χ4v) is 2.99. The lowest BCUT2D eigenvalue weighted by molar-refractivity contribution is 0.735. The summed E-state index contributed by atoms with van der Waals surface area (Å²) in [7, 11) is 2.07. The summed E-state index contributed by atoms with van der Waals surface area (Å²) in [5.74, 6) is 0. The van der Waals surface area contributed by atoms with Gasteiger partial charge < -0.3 is 10.6 Å². The van der Waals surface area contributed by atoms with Crippen LogP contribution in [0.25, 0.3) is 0 Å². The van der Waals surface area contributed by atoms with Crippen LogP contribution in [-0.2, 0) is 6.54 Å². The minimum Gasteiger partial charge on any atom is -0.368 e. The van der Waals surface area contributed by atoms with Gasteiger partial charge in [0.15, 0.2) is 0 Å². The van der Waals surface area contributed by atoms with Crippen molar-refractivity contribution in [3.05, 3.63) is 63.1 Å². The molecule has 2 aromatic carbocycles. The number of hydrogen-bond donors (Lipinski definition) is 1. The van der Waals surface area contributed by atoms with Crippen LogP contribution in [-0.4, -0.2) is 7.05 Å². The van der Waals surface area contributed by atoms with E-state index in [0.717, 1.165) is 26.3 Å². The van der Waals surface area contributed by atoms with E-state index in [1.807, 2.05) is 24.3 Å². The summed E-state index contributed by atoms with van der Waals surface area (Å²) < 4.78 is 1.04. The molecule has 0 heterocycles. The molecule has 2 nitrogen and oxygen atoms in total. The lowest BCUT2D eigenvalue weighted by Gasteiger charge is -2.30. The Balaban J connectivity index is 2.36. The first kappa shape index (κ1) is 15.4. The lowest BCUT2D eigenvalue weighted by atomic mass is 10.0. The Labute approximate surface area is 133 Å². The normalized spacial score (nSPS) is 12.2. The van der Waals surface area contributed by atoms with Crippen molar-refractivity contribution in [3.8, 4) is 0 Å². The second-order valence-electron chi connectivity index (χ2n) is 4.79. The van der Waals surface area contributed by atoms with Crippen molar-refractivity contribution in [1.29, 1.82) is 0 Å². The molecule has 0 aliphatic heterocycles. The minimum absolute atomic E-state index is 0.176. The molecule has 0 fully saturated rings. The fraction of sp³-hybridized carbons (Fsp3) is 0.250. The Morgan fingerprint density at radius 1 is 1.25 bits per heavy atom. The summed E-state index contributed by atoms with van der Waals surface area (Å²) in [5.41, 5.74) is 9.21. The molecular formula is C16H18BrClN2. The van der Waals surface area contributed by atoms with Gasteiger partial charge in [-0.3, -0.25) is 0 Å². The summed E-state index contributed by atoms with van der Waals surface area (Å²) >= 11 is 9.78. The van der Waals surface area contributed by atoms with Gasteiger partial charge in [-0.15, -0.1) is 0 Å². The highest BCUT2D eigenvalue weighted by Gasteiger charge is 2.17. The molecule has 2 aromatic rings. The molecule has 1 unspecified atom stereocenters. The smallest absolute Gasteiger partial charge is 0.0525 e. The largest absolute Gasteiger partial charge is 0.368 e. The van der Waals surface area contributed by atoms with E-state index in [2.05, 4.69) is 53.0 Å². The summed E-state index contributed by atoms with van der Waals surface area (Å²) in [6.07, 6.45) is 0. The molecule has 106 valence electrons. The van der Waals surface area contributed by atoms with Crippen molar-refractivity contribution in [2.45, 2.75) is 19.5 Å². The zero-order chi connectivity index (χ0) is 14.7. The number of rotatable bonds is 4. The fourth-order valence-electron chi connectivity index (χ4n) is 2.29. The van der Waals surface area contributed by atoms with E-state index >= 15 is 0 Å². The molecule has 2 N–H and O–H groups in total. The number of nitrogens with two attached hydrogens (primary N) is 1. The molecule has 0 aliphatic carbocycles. The topological polar surface area (TPSA) is 29.3 Å². The molecule has 1 atom stereocenters. The van der Waals surface area contributed by atoms with Crippen LogP contribution < -0.4 is 10.6 Å². The number of nitrogens with zero attached hydrogens (tertiary/aromatic N) is 1. The minimum atomic E-state index is 0.176. The van der Waals surface area contributed by atoms with Gasteiger partial charge in [0.1, 0.15) is 0 Å². The molecular weight excluding hydrogens is 336 g/mol. The Bertz CT molecular complexity index is 601. The first-order valence-electron chi connectivity index (χ1n) is 6.50. The molecule has 0 aliphatic rings. The van der Waals surface area contributed by atoms with Gasteiger partial charge in [-0.2, -0.15) is 0 Å². The Kier molecular flexibility index (Phi) is 5.08. The zero-order valence-corrected chi connectivity index (χ0v) is 13.9. The maximum atomic E-state index is 6.29. The molecule has 0 saturated heterocycles. The third-order valence-corrected chi connectivity index (χ3v) is 4.42. The Morgan fingerprint density at radius 3 is 2.60 bits per heavy atom. The third kappa shape index (κ3) is 3.17. The average molecular weight is 354 g/mol. The Morgan fingerprint density at radius 2 is 1.95 bits per heavy atom. The van der Waals surface area contributed by atoms with Crippen molar-refractivity contribution < 1.29 is 0 Å². The first-order chi connectivity index (χ1) is 9.54. The van der Waals surface area contributed by atoms with Crippen molar-refractivity contribution in [3.63, 3.8) is 0 Å². The predicted molar refractivity (Wildman–Crippen MR) is 90.3 cm³/mol. The first-order valence-corrected chi connectivity index (χ1v) is 7.67. The van der Waals surface area contributed by atoms with Gasteiger partial charge in [-0.25, -0.2) is 0 Å². The molecule has 0 radical (unpaired) electrons. The van der Waals surface area contributed by atoms with Crippen molar-refractivity contribution in [2.75, 3.05) is 11.9 Å². The number of hydrogen-bond acceptors (Lipinski definition) is 2. The van der Waals surface area contributed by atoms with Crippen molar-refractivity contribution in [2.24, 2.45) is 5.73 Å². The van der Waals surface area contributed by atoms with E-state index in [4.69, 9.17) is 17.3 Å². The van der Waals surface area contributed by atoms with Gasteiger partial charge in [0.05, 0.1) is 6.04 Å². The monoisotopic (exact) mass is 352 g/mol. The van der Waals surface area contributed by atoms with Crippen LogP contribution in [0, 0.1) is 0 Å². The van der Waals surface area contributed by atoms with E-state index in [9.17, 15) is 0 Å². The van der Waals surface area contributed by atoms with Crippen LogP contribution in [0.5, 0.6) is 0 Å². The average Bonchev–Trinajstić information content (AvgIpc) is 2.46. The predicted octanol–water partition coefficient (Wildman–Crippen LogP) is 4.76. The summed E-state index contributed by atoms with van der Waals surface area (Å²) in [5, 5.41) is 0.790. The maximum absolute atomic E-state index is 6.29. The number of benzene rings is 2. The highest BCUT2D eigenvalue weighted by atomic mass is 79.9. The molecule has 0 spiro atoms. The van der Waals surface area contributed by atoms with Crippen LogP contribution in [0.2, 0.25) is 5.02 Å². The van der Waals surface area contributed by atoms with Gasteiger partial charge in [0, 0.05) is 28.8 Å². The molecule has 0 aromatic heterocycles. The van der Waals surface area contributed by atoms with Crippen molar-refractivity contribution >= 4 is 33.2 Å². The van der Waals surface area contributed by atoms with E-state index < -0.39 is 0 Å². The zero-order valence-electron chi connectivity index (χ0n) is 11.6. The summed E-state index contributed by atoms with van der Waals surface area (Å²) in [6.45, 7) is 2.65. The van der Waals surface area contributed by atoms with Crippen molar-refractivity contribution in [1.82, 2.24) is 0 Å². The second-order valence-corrected chi connectivity index (χ2v) is 6.11. The van der Waals surface area contributed by atoms with Gasteiger partial charge >= 0.3 is 0 Å². The molecule has 0 bridgehead atoms. The SMILES string of the molecule is CC(c1ccccc1Cl)N(C)c1ccc(Br)cc1CN.